The lowest BCUT2D eigenvalue weighted by Crippen LogP contribution is -2.54. The molecule has 10 nitrogen and oxygen atoms in total. The van der Waals surface area contributed by atoms with Gasteiger partial charge in [-0.25, -0.2) is 4.79 Å². The molecule has 0 aromatic heterocycles. The molecular weight excluding hydrogens is 574 g/mol. The van der Waals surface area contributed by atoms with Gasteiger partial charge in [0.1, 0.15) is 30.3 Å². The van der Waals surface area contributed by atoms with Gasteiger partial charge in [-0.3, -0.25) is 19.2 Å². The lowest BCUT2D eigenvalue weighted by atomic mass is 9.80. The molecule has 2 amide bonds. The number of ketones is 2. The van der Waals surface area contributed by atoms with Crippen molar-refractivity contribution in [3.63, 3.8) is 0 Å². The minimum atomic E-state index is -1.11. The summed E-state index contributed by atoms with van der Waals surface area (Å²) in [6.07, 6.45) is 0.930. The molecule has 1 aliphatic rings. The van der Waals surface area contributed by atoms with E-state index >= 15 is 0 Å². The quantitative estimate of drug-likeness (QED) is 0.164. The van der Waals surface area contributed by atoms with Gasteiger partial charge in [0.25, 0.3) is 0 Å². The van der Waals surface area contributed by atoms with E-state index in [-0.39, 0.29) is 48.9 Å². The van der Waals surface area contributed by atoms with E-state index in [1.165, 1.54) is 11.8 Å². The van der Waals surface area contributed by atoms with Gasteiger partial charge in [0.15, 0.2) is 0 Å². The highest BCUT2D eigenvalue weighted by atomic mass is 16.5. The smallest absolute Gasteiger partial charge is 0.329 e. The van der Waals surface area contributed by atoms with Crippen molar-refractivity contribution in [2.45, 2.75) is 118 Å². The molecule has 2 rings (SSSR count). The van der Waals surface area contributed by atoms with Gasteiger partial charge < -0.3 is 25.8 Å². The molecule has 1 aliphatic heterocycles. The Morgan fingerprint density at radius 2 is 1.67 bits per heavy atom. The molecule has 0 radical (unpaired) electrons. The number of Topliss-reactive ketones (excluding diaryl/α,β-unsaturated/α-hetero) is 2. The molecule has 1 fully saturated rings. The third-order valence-electron chi connectivity index (χ3n) is 8.97. The first-order valence-electron chi connectivity index (χ1n) is 16.5. The molecule has 1 heterocycles. The molecule has 0 saturated carbocycles. The van der Waals surface area contributed by atoms with Crippen LogP contribution in [0.2, 0.25) is 0 Å². The van der Waals surface area contributed by atoms with Crippen molar-refractivity contribution in [1.82, 2.24) is 10.2 Å². The van der Waals surface area contributed by atoms with E-state index in [1.54, 1.807) is 0 Å². The Hall–Kier alpha value is -3.11. The summed E-state index contributed by atoms with van der Waals surface area (Å²) in [6, 6.07) is 7.08. The van der Waals surface area contributed by atoms with Crippen LogP contribution in [0.4, 0.5) is 0 Å². The third-order valence-corrected chi connectivity index (χ3v) is 8.97. The summed E-state index contributed by atoms with van der Waals surface area (Å²) in [5.41, 5.74) is 6.94. The number of ether oxygens (including phenoxy) is 1. The molecule has 1 saturated heterocycles. The average Bonchev–Trinajstić information content (AvgIpc) is 3.50. The Bertz CT molecular complexity index is 1140. The zero-order valence-corrected chi connectivity index (χ0v) is 28.2. The highest BCUT2D eigenvalue weighted by Gasteiger charge is 2.40. The number of amides is 2. The number of nitrogens with one attached hydrogen (secondary N) is 1. The lowest BCUT2D eigenvalue weighted by molar-refractivity contribution is -0.155. The van der Waals surface area contributed by atoms with Crippen molar-refractivity contribution in [3.8, 4) is 0 Å². The fourth-order valence-corrected chi connectivity index (χ4v) is 5.75. The molecule has 10 heteroatoms. The van der Waals surface area contributed by atoms with Gasteiger partial charge in [-0.15, -0.1) is 0 Å². The third kappa shape index (κ3) is 11.3. The van der Waals surface area contributed by atoms with Crippen LogP contribution < -0.4 is 11.1 Å². The number of likely N-dealkylation sites (tertiary alicyclic amines) is 1. The first-order chi connectivity index (χ1) is 21.2. The summed E-state index contributed by atoms with van der Waals surface area (Å²) in [6.45, 7) is 13.3. The van der Waals surface area contributed by atoms with Gasteiger partial charge in [-0.1, -0.05) is 78.3 Å². The van der Waals surface area contributed by atoms with Gasteiger partial charge in [0.05, 0.1) is 12.0 Å². The number of esters is 1. The second-order valence-electron chi connectivity index (χ2n) is 13.4. The summed E-state index contributed by atoms with van der Waals surface area (Å²) >= 11 is 0. The molecule has 0 aliphatic carbocycles. The molecule has 7 atom stereocenters. The molecule has 1 aromatic rings. The van der Waals surface area contributed by atoms with E-state index in [4.69, 9.17) is 10.5 Å². The molecule has 252 valence electrons. The first kappa shape index (κ1) is 38.1. The largest absolute Gasteiger partial charge is 0.459 e. The molecule has 1 aromatic carbocycles. The Morgan fingerprint density at radius 3 is 2.24 bits per heavy atom. The van der Waals surface area contributed by atoms with Crippen LogP contribution in [0, 0.1) is 29.6 Å². The first-order valence-corrected chi connectivity index (χ1v) is 16.5. The maximum atomic E-state index is 13.8. The highest BCUT2D eigenvalue weighted by molar-refractivity contribution is 6.04. The fourth-order valence-electron chi connectivity index (χ4n) is 5.75. The predicted octanol–water partition coefficient (Wildman–Crippen LogP) is 3.81. The van der Waals surface area contributed by atoms with Crippen molar-refractivity contribution < 1.29 is 33.8 Å². The monoisotopic (exact) mass is 629 g/mol. The number of hydrogen-bond donors (Lipinski definition) is 3. The Kier molecular flexibility index (Phi) is 15.3. The molecule has 0 unspecified atom stereocenters. The second kappa shape index (κ2) is 18.1. The number of aliphatic hydroxyl groups is 1. The summed E-state index contributed by atoms with van der Waals surface area (Å²) in [7, 11) is 0. The number of nitrogens with two attached hydrogens (primary N) is 1. The fraction of sp³-hybridized carbons (Fsp3) is 0.686. The molecular formula is C35H55N3O7. The van der Waals surface area contributed by atoms with Crippen LogP contribution in [-0.2, 0) is 35.3 Å². The number of nitrogens with zero attached hydrogens (tertiary/aromatic N) is 1. The van der Waals surface area contributed by atoms with E-state index < -0.39 is 53.7 Å². The van der Waals surface area contributed by atoms with Crippen molar-refractivity contribution in [2.75, 3.05) is 6.54 Å². The normalized spacial score (nSPS) is 19.0. The van der Waals surface area contributed by atoms with Crippen LogP contribution in [0.1, 0.15) is 92.6 Å². The maximum Gasteiger partial charge on any atom is 0.329 e. The van der Waals surface area contributed by atoms with E-state index in [1.807, 2.05) is 71.9 Å². The molecule has 0 spiro atoms. The number of benzene rings is 1. The highest BCUT2D eigenvalue weighted by Crippen LogP contribution is 2.25. The Balaban J connectivity index is 2.09. The van der Waals surface area contributed by atoms with Gasteiger partial charge in [-0.2, -0.15) is 0 Å². The van der Waals surface area contributed by atoms with Gasteiger partial charge in [0, 0.05) is 31.3 Å². The Morgan fingerprint density at radius 1 is 1.02 bits per heavy atom. The molecule has 45 heavy (non-hydrogen) atoms. The molecule has 4 N–H and O–H groups in total. The zero-order chi connectivity index (χ0) is 33.8. The van der Waals surface area contributed by atoms with E-state index in [0.29, 0.717) is 25.8 Å². The number of carbonyl (C=O) groups is 5. The number of hydrogen-bond acceptors (Lipinski definition) is 8. The maximum absolute atomic E-state index is 13.8. The van der Waals surface area contributed by atoms with E-state index in [9.17, 15) is 29.1 Å². The van der Waals surface area contributed by atoms with Gasteiger partial charge in [-0.05, 0) is 49.5 Å². The SMILES string of the molecule is CC[C@H](C)[C@@H](N)[C@@H](O)CC(=O)C[C@H](C(=O)[C@@H](C)C(=O)N[C@@H](CC(C)C)C(=O)N1CCC[C@H]1C(=O)OCc1ccccc1)C(C)C. The topological polar surface area (TPSA) is 156 Å². The predicted molar refractivity (Wildman–Crippen MR) is 173 cm³/mol. The van der Waals surface area contributed by atoms with Gasteiger partial charge in [0.2, 0.25) is 11.8 Å². The van der Waals surface area contributed by atoms with Crippen molar-refractivity contribution in [2.24, 2.45) is 35.3 Å². The Labute approximate surface area is 268 Å². The summed E-state index contributed by atoms with van der Waals surface area (Å²) in [4.78, 5) is 68.1. The minimum Gasteiger partial charge on any atom is -0.459 e. The molecule has 0 bridgehead atoms. The zero-order valence-electron chi connectivity index (χ0n) is 28.2. The van der Waals surface area contributed by atoms with E-state index in [2.05, 4.69) is 5.32 Å². The number of rotatable bonds is 18. The summed E-state index contributed by atoms with van der Waals surface area (Å²) in [5.74, 6) is -4.11. The van der Waals surface area contributed by atoms with Crippen LogP contribution in [0.15, 0.2) is 30.3 Å². The van der Waals surface area contributed by atoms with Crippen molar-refractivity contribution in [1.29, 1.82) is 0 Å². The average molecular weight is 630 g/mol. The minimum absolute atomic E-state index is 0.0383. The van der Waals surface area contributed by atoms with E-state index in [0.717, 1.165) is 12.0 Å². The van der Waals surface area contributed by atoms with Crippen LogP contribution in [0.3, 0.4) is 0 Å². The van der Waals surface area contributed by atoms with Crippen LogP contribution in [-0.4, -0.2) is 70.1 Å². The van der Waals surface area contributed by atoms with Crippen molar-refractivity contribution in [3.05, 3.63) is 35.9 Å². The van der Waals surface area contributed by atoms with Crippen LogP contribution >= 0.6 is 0 Å². The second-order valence-corrected chi connectivity index (χ2v) is 13.4. The standard InChI is InChI=1S/C35H55N3O7/c1-8-23(6)31(36)30(40)19-26(39)18-27(22(4)5)32(41)24(7)33(42)37-28(17-21(2)3)34(43)38-16-12-15-29(38)35(44)45-20-25-13-10-9-11-14-25/h9-11,13-14,21-24,27-31,40H,8,12,15-20,36H2,1-7H3,(H,37,42)/t23-,24+,27-,28-,29-,30-,31+/m0/s1. The lowest BCUT2D eigenvalue weighted by Gasteiger charge is -2.30. The summed E-state index contributed by atoms with van der Waals surface area (Å²) < 4.78 is 5.52. The van der Waals surface area contributed by atoms with Crippen LogP contribution in [0.5, 0.6) is 0 Å². The van der Waals surface area contributed by atoms with Crippen LogP contribution in [0.25, 0.3) is 0 Å². The number of aliphatic hydroxyl groups excluding tert-OH is 1. The van der Waals surface area contributed by atoms with Crippen molar-refractivity contribution >= 4 is 29.4 Å². The van der Waals surface area contributed by atoms with Gasteiger partial charge >= 0.3 is 5.97 Å². The summed E-state index contributed by atoms with van der Waals surface area (Å²) in [5, 5.41) is 13.3. The number of carbonyl (C=O) groups excluding carboxylic acids is 5.